The standard InChI is InChI=1S/C10H11ClIN4O2/c1-7-9(12-6-16(17)18)5-8(11)10(14-7)15-4-2-3-13-15/h2-5,16-17H,6H2,1H3/q-1. The van der Waals surface area contributed by atoms with Crippen molar-refractivity contribution in [1.29, 1.82) is 0 Å². The quantitative estimate of drug-likeness (QED) is 0.260. The van der Waals surface area contributed by atoms with Crippen LogP contribution >= 0.6 is 11.6 Å². The second-order valence-corrected chi connectivity index (χ2v) is 6.57. The molecular formula is C10H11ClIN4O2-. The molecule has 0 saturated carbocycles. The summed E-state index contributed by atoms with van der Waals surface area (Å²) in [5, 5.41) is 23.1. The molecule has 2 heterocycles. The number of hydrogen-bond donors (Lipinski definition) is 2. The van der Waals surface area contributed by atoms with E-state index in [1.54, 1.807) is 29.2 Å². The van der Waals surface area contributed by atoms with E-state index in [-0.39, 0.29) is 4.55 Å². The summed E-state index contributed by atoms with van der Waals surface area (Å²) in [6.45, 7) is 1.86. The molecule has 0 aliphatic rings. The molecule has 0 fully saturated rings. The molecule has 0 aliphatic heterocycles. The first kappa shape index (κ1) is 13.7. The summed E-state index contributed by atoms with van der Waals surface area (Å²) < 4.78 is 2.73. The van der Waals surface area contributed by atoms with Crippen molar-refractivity contribution in [3.63, 3.8) is 0 Å². The van der Waals surface area contributed by atoms with Gasteiger partial charge in [-0.3, -0.25) is 0 Å². The number of rotatable bonds is 4. The van der Waals surface area contributed by atoms with E-state index < -0.39 is 26.4 Å². The van der Waals surface area contributed by atoms with Gasteiger partial charge in [0.25, 0.3) is 0 Å². The number of aryl methyl sites for hydroxylation is 1. The third-order valence-electron chi connectivity index (χ3n) is 2.13. The molecule has 2 aromatic rings. The summed E-state index contributed by atoms with van der Waals surface area (Å²) in [6, 6.07) is 3.59. The van der Waals surface area contributed by atoms with E-state index >= 15 is 0 Å². The van der Waals surface area contributed by atoms with E-state index in [0.717, 1.165) is 9.26 Å². The average Bonchev–Trinajstić information content (AvgIpc) is 2.83. The van der Waals surface area contributed by atoms with Crippen molar-refractivity contribution in [3.05, 3.63) is 44.0 Å². The molecule has 6 nitrogen and oxygen atoms in total. The number of hydrogen-bond acceptors (Lipinski definition) is 4. The summed E-state index contributed by atoms with van der Waals surface area (Å²) in [7, 11) is 0. The Morgan fingerprint density at radius 2 is 2.39 bits per heavy atom. The second-order valence-electron chi connectivity index (χ2n) is 3.47. The normalized spacial score (nSPS) is 12.9. The maximum atomic E-state index is 10.6. The molecule has 8 heteroatoms. The van der Waals surface area contributed by atoms with E-state index in [1.165, 1.54) is 0 Å². The molecule has 98 valence electrons. The van der Waals surface area contributed by atoms with Crippen molar-refractivity contribution in [3.8, 4) is 5.82 Å². The molecular weight excluding hydrogens is 370 g/mol. The Bertz CT molecular complexity index is 533. The van der Waals surface area contributed by atoms with Crippen LogP contribution < -0.4 is 26.4 Å². The summed E-state index contributed by atoms with van der Waals surface area (Å²) in [5.41, 5.74) is 0.818. The van der Waals surface area contributed by atoms with E-state index in [1.807, 2.05) is 6.92 Å². The van der Waals surface area contributed by atoms with Crippen molar-refractivity contribution >= 4 is 11.6 Å². The van der Waals surface area contributed by atoms with Crippen LogP contribution in [0.4, 0.5) is 0 Å². The Morgan fingerprint density at radius 1 is 1.61 bits per heavy atom. The fraction of sp³-hybridized carbons (Fsp3) is 0.200. The Kier molecular flexibility index (Phi) is 4.51. The van der Waals surface area contributed by atoms with Crippen molar-refractivity contribution in [1.82, 2.24) is 14.8 Å². The van der Waals surface area contributed by atoms with Crippen molar-refractivity contribution in [2.45, 2.75) is 6.92 Å². The van der Waals surface area contributed by atoms with Gasteiger partial charge in [-0.25, -0.2) is 0 Å². The summed E-state index contributed by atoms with van der Waals surface area (Å²) in [6.07, 6.45) is 3.41. The molecule has 2 aromatic heterocycles. The van der Waals surface area contributed by atoms with Crippen molar-refractivity contribution in [2.24, 2.45) is 0 Å². The monoisotopic (exact) mass is 381 g/mol. The van der Waals surface area contributed by atoms with Gasteiger partial charge in [-0.2, -0.15) is 0 Å². The summed E-state index contributed by atoms with van der Waals surface area (Å²) in [4.78, 5) is 4.40. The van der Waals surface area contributed by atoms with Gasteiger partial charge >= 0.3 is 119 Å². The first-order valence-corrected chi connectivity index (χ1v) is 8.04. The van der Waals surface area contributed by atoms with E-state index in [2.05, 4.69) is 10.1 Å². The fourth-order valence-electron chi connectivity index (χ4n) is 1.37. The molecule has 1 atom stereocenters. The zero-order chi connectivity index (χ0) is 13.1. The van der Waals surface area contributed by atoms with Crippen LogP contribution in [0.1, 0.15) is 5.69 Å². The van der Waals surface area contributed by atoms with Crippen LogP contribution in [0.5, 0.6) is 0 Å². The van der Waals surface area contributed by atoms with Gasteiger partial charge in [0.1, 0.15) is 0 Å². The fourth-order valence-corrected chi connectivity index (χ4v) is 3.73. The summed E-state index contributed by atoms with van der Waals surface area (Å²) in [5.74, 6) is 0.572. The van der Waals surface area contributed by atoms with Crippen LogP contribution in [0.3, 0.4) is 0 Å². The minimum atomic E-state index is -0.783. The predicted molar refractivity (Wildman–Crippen MR) is 60.8 cm³/mol. The molecule has 0 aliphatic carbocycles. The molecule has 1 unspecified atom stereocenters. The third-order valence-corrected chi connectivity index (χ3v) is 5.36. The van der Waals surface area contributed by atoms with Gasteiger partial charge in [0.15, 0.2) is 0 Å². The molecule has 0 saturated heterocycles. The molecule has 18 heavy (non-hydrogen) atoms. The van der Waals surface area contributed by atoms with Crippen LogP contribution in [0, 0.1) is 15.7 Å². The Morgan fingerprint density at radius 3 is 3.00 bits per heavy atom. The Labute approximate surface area is 119 Å². The maximum absolute atomic E-state index is 10.6. The molecule has 0 spiro atoms. The van der Waals surface area contributed by atoms with E-state index in [4.69, 9.17) is 16.8 Å². The first-order chi connectivity index (χ1) is 8.58. The molecule has 0 aromatic carbocycles. The number of nitrogens with one attached hydrogen (secondary N) is 1. The number of hydroxylamine groups is 2. The number of aromatic nitrogens is 3. The van der Waals surface area contributed by atoms with Gasteiger partial charge in [-0.15, -0.1) is 0 Å². The van der Waals surface area contributed by atoms with Gasteiger partial charge in [-0.1, -0.05) is 0 Å². The minimum absolute atomic E-state index is 0.179. The van der Waals surface area contributed by atoms with Crippen LogP contribution in [0.2, 0.25) is 5.02 Å². The second kappa shape index (κ2) is 5.93. The zero-order valence-electron chi connectivity index (χ0n) is 9.47. The van der Waals surface area contributed by atoms with Gasteiger partial charge in [-0.05, 0) is 0 Å². The van der Waals surface area contributed by atoms with Gasteiger partial charge in [0.05, 0.1) is 0 Å². The first-order valence-electron chi connectivity index (χ1n) is 5.06. The number of halogens is 2. The molecule has 0 amide bonds. The number of alkyl halides is 1. The van der Waals surface area contributed by atoms with Crippen LogP contribution in [0.25, 0.3) is 5.82 Å². The molecule has 0 radical (unpaired) electrons. The van der Waals surface area contributed by atoms with Crippen LogP contribution in [0.15, 0.2) is 24.5 Å². The van der Waals surface area contributed by atoms with Gasteiger partial charge in [0.2, 0.25) is 0 Å². The Balaban J connectivity index is 2.29. The number of pyridine rings is 1. The predicted octanol–water partition coefficient (Wildman–Crippen LogP) is -2.78. The zero-order valence-corrected chi connectivity index (χ0v) is 12.4. The van der Waals surface area contributed by atoms with Crippen LogP contribution in [-0.4, -0.2) is 24.5 Å². The van der Waals surface area contributed by atoms with Crippen LogP contribution in [-0.2, 0) is 0 Å². The SMILES string of the molecule is Cc1nc(-n2cccn2)c(Cl)cc1[I-]C[NH+]([O-])O. The third kappa shape index (κ3) is 3.18. The Hall–Kier alpha value is -0.740. The topological polar surface area (TPSA) is 78.4 Å². The van der Waals surface area contributed by atoms with Crippen molar-refractivity contribution < 1.29 is 31.6 Å². The summed E-state index contributed by atoms with van der Waals surface area (Å²) >= 11 is 5.56. The average molecular weight is 382 g/mol. The number of quaternary nitrogens is 1. The molecule has 2 N–H and O–H groups in total. The van der Waals surface area contributed by atoms with E-state index in [0.29, 0.717) is 10.8 Å². The molecule has 0 bridgehead atoms. The molecule has 2 rings (SSSR count). The van der Waals surface area contributed by atoms with Gasteiger partial charge < -0.3 is 0 Å². The van der Waals surface area contributed by atoms with Crippen molar-refractivity contribution in [2.75, 3.05) is 4.55 Å². The number of nitrogens with zero attached hydrogens (tertiary/aromatic N) is 3. The van der Waals surface area contributed by atoms with E-state index in [9.17, 15) is 5.21 Å². The van der Waals surface area contributed by atoms with Gasteiger partial charge in [0, 0.05) is 0 Å².